The molecule has 4 saturated heterocycles. The number of carbonyl (C=O) groups excluding carboxylic acids is 4. The minimum absolute atomic E-state index is 0.00400. The second kappa shape index (κ2) is 27.3. The number of carbonyl (C=O) groups is 4. The summed E-state index contributed by atoms with van der Waals surface area (Å²) < 4.78 is 104. The van der Waals surface area contributed by atoms with E-state index in [1.807, 2.05) is 19.9 Å². The predicted octanol–water partition coefficient (Wildman–Crippen LogP) is 7.78. The molecule has 8 heterocycles. The summed E-state index contributed by atoms with van der Waals surface area (Å²) in [4.78, 5) is 77.2. The van der Waals surface area contributed by atoms with Crippen molar-refractivity contribution in [3.8, 4) is 5.75 Å². The first kappa shape index (κ1) is 70.3. The van der Waals surface area contributed by atoms with Crippen molar-refractivity contribution in [1.82, 2.24) is 59.1 Å². The van der Waals surface area contributed by atoms with Crippen LogP contribution in [0.15, 0.2) is 114 Å². The number of anilines is 4. The van der Waals surface area contributed by atoms with Crippen molar-refractivity contribution in [3.63, 3.8) is 0 Å². The molecule has 8 aliphatic carbocycles. The summed E-state index contributed by atoms with van der Waals surface area (Å²) in [6.07, 6.45) is 12.1. The van der Waals surface area contributed by atoms with Crippen LogP contribution in [0.4, 0.5) is 32.6 Å². The maximum absolute atomic E-state index is 13.8. The number of benzene rings is 3. The van der Waals surface area contributed by atoms with Gasteiger partial charge in [0.1, 0.15) is 52.6 Å². The van der Waals surface area contributed by atoms with E-state index in [0.717, 1.165) is 38.5 Å². The largest absolute Gasteiger partial charge is 0.418 e. The number of nitrogens with two attached hydrogens (primary N) is 1. The van der Waals surface area contributed by atoms with Gasteiger partial charge in [-0.05, 0) is 190 Å². The van der Waals surface area contributed by atoms with Gasteiger partial charge in [0.2, 0.25) is 20.0 Å². The molecule has 4 aromatic heterocycles. The van der Waals surface area contributed by atoms with Crippen molar-refractivity contribution in [2.24, 2.45) is 35.5 Å². The third-order valence-corrected chi connectivity index (χ3v) is 24.6. The topological polar surface area (TPSA) is 399 Å². The smallest absolute Gasteiger partial charge is 0.410 e. The molecular formula is C70H86N16O15S2. The second-order valence-corrected chi connectivity index (χ2v) is 33.3. The van der Waals surface area contributed by atoms with Gasteiger partial charge in [-0.3, -0.25) is 29.4 Å². The van der Waals surface area contributed by atoms with Crippen LogP contribution in [0.3, 0.4) is 0 Å². The van der Waals surface area contributed by atoms with Crippen molar-refractivity contribution in [2.75, 3.05) is 34.8 Å². The highest BCUT2D eigenvalue weighted by molar-refractivity contribution is 7.90. The summed E-state index contributed by atoms with van der Waals surface area (Å²) in [5.74, 6) is 2.09. The number of ether oxygens (including phenoxy) is 7. The molecule has 5 amide bonds. The zero-order valence-electron chi connectivity index (χ0n) is 57.9. The molecule has 8 atom stereocenters. The lowest BCUT2D eigenvalue weighted by molar-refractivity contribution is -0.198. The fourth-order valence-corrected chi connectivity index (χ4v) is 21.7. The molecule has 8 bridgehead atoms. The number of likely N-dealkylation sites (N-methyl/N-ethyl adjacent to an activating group) is 2. The van der Waals surface area contributed by atoms with Gasteiger partial charge in [0, 0.05) is 24.2 Å². The Kier molecular flexibility index (Phi) is 18.6. The van der Waals surface area contributed by atoms with E-state index in [4.69, 9.17) is 38.9 Å². The third kappa shape index (κ3) is 14.2. The number of nitrogens with zero attached hydrogens (tertiary/aromatic N) is 8. The fraction of sp³-hybridized carbons (Fsp3) is 0.543. The van der Waals surface area contributed by atoms with Gasteiger partial charge in [-0.25, -0.2) is 65.8 Å². The minimum Gasteiger partial charge on any atom is -0.410 e. The summed E-state index contributed by atoms with van der Waals surface area (Å²) in [5, 5.41) is 13.5. The van der Waals surface area contributed by atoms with E-state index in [2.05, 4.69) is 65.9 Å². The van der Waals surface area contributed by atoms with Crippen molar-refractivity contribution >= 4 is 89.3 Å². The first-order valence-electron chi connectivity index (χ1n) is 35.3. The molecule has 0 spiro atoms. The van der Waals surface area contributed by atoms with E-state index < -0.39 is 98.4 Å². The number of urea groups is 1. The number of fused-ring (bicyclic) bond motifs is 4. The number of rotatable bonds is 16. The number of hydrogen-bond acceptors (Lipinski definition) is 22. The van der Waals surface area contributed by atoms with E-state index in [1.54, 1.807) is 104 Å². The molecule has 103 heavy (non-hydrogen) atoms. The van der Waals surface area contributed by atoms with Crippen LogP contribution in [0.2, 0.25) is 0 Å². The van der Waals surface area contributed by atoms with Crippen LogP contribution in [0.1, 0.15) is 131 Å². The van der Waals surface area contributed by atoms with Crippen LogP contribution in [-0.4, -0.2) is 152 Å². The Hall–Kier alpha value is -8.38. The zero-order valence-corrected chi connectivity index (χ0v) is 59.5. The highest BCUT2D eigenvalue weighted by atomic mass is 32.2. The van der Waals surface area contributed by atoms with Gasteiger partial charge < -0.3 is 54.8 Å². The molecule has 12 fully saturated rings. The van der Waals surface area contributed by atoms with Gasteiger partial charge in [0.15, 0.2) is 70.2 Å². The standard InChI is InChI=1S/C32H40N8O7S.C22H24N6O6.C16H22N2O2S/c1-4-33-28(41)24-23-25(47-31(2,3)46-23)29(45-24)40-16-36-22-26(34-15-35-27(22)40)38-30(42)37-20-7-5-6-8-21(20)48(43,44)39-32-12-17-9-18(13-32)11-19(10-17)14-32;1-4-23-19(29)15-14-16(34-22(2,3)33-14)20(32-15)28-11-26-13-17(24-10-25-18(13)28)27-21(30)31-12-8-6-5-7-9-12;17-14-3-1-2-4-15(14)21(19,20)18-16-8-11-5-12(9-16)7-13(6-11)10-16/h5-8,15-19,23-25,29,39H,4,9-14H2,1-3H3,(H,33,41)(H2,34,35,37,38,42);5-11,14-16,20H,4H2,1-3H3,(H,23,29)(H,24,25,27,30);1-4,11-13,18H,5-10,17H2/t17?,18?,19?,23-,24+,25-,29-,32?;14-,15+,16-,20-;/m11./s1. The van der Waals surface area contributed by atoms with E-state index in [0.29, 0.717) is 76.8 Å². The molecule has 31 nitrogen and oxygen atoms in total. The Bertz CT molecular complexity index is 4570. The number of nitrogens with one attached hydrogen (secondary N) is 7. The number of amides is 5. The molecule has 8 saturated carbocycles. The molecule has 548 valence electrons. The van der Waals surface area contributed by atoms with Gasteiger partial charge in [-0.2, -0.15) is 0 Å². The van der Waals surface area contributed by atoms with Gasteiger partial charge in [0.05, 0.1) is 24.0 Å². The molecule has 33 heteroatoms. The van der Waals surface area contributed by atoms with E-state index in [1.165, 1.54) is 69.9 Å². The molecule has 0 radical (unpaired) electrons. The van der Waals surface area contributed by atoms with Crippen LogP contribution < -0.4 is 46.5 Å². The zero-order chi connectivity index (χ0) is 72.0. The van der Waals surface area contributed by atoms with Gasteiger partial charge in [-0.15, -0.1) is 0 Å². The number of para-hydroxylation sites is 3. The molecule has 12 aliphatic rings. The van der Waals surface area contributed by atoms with Crippen LogP contribution in [-0.2, 0) is 58.1 Å². The van der Waals surface area contributed by atoms with E-state index in [-0.39, 0.29) is 50.0 Å². The number of aromatic nitrogens is 8. The summed E-state index contributed by atoms with van der Waals surface area (Å²) in [5.41, 5.74) is 6.99. The fourth-order valence-electron chi connectivity index (χ4n) is 18.5. The lowest BCUT2D eigenvalue weighted by Gasteiger charge is -2.56. The van der Waals surface area contributed by atoms with Gasteiger partial charge in [0.25, 0.3) is 11.8 Å². The van der Waals surface area contributed by atoms with Crippen molar-refractivity contribution in [3.05, 3.63) is 104 Å². The summed E-state index contributed by atoms with van der Waals surface area (Å²) in [6.45, 7) is 11.6. The number of sulfonamides is 2. The molecule has 9 N–H and O–H groups in total. The molecule has 3 aromatic carbocycles. The van der Waals surface area contributed by atoms with Crippen molar-refractivity contribution in [1.29, 1.82) is 0 Å². The van der Waals surface area contributed by atoms with Crippen molar-refractivity contribution in [2.45, 2.75) is 200 Å². The molecule has 4 aliphatic heterocycles. The first-order chi connectivity index (χ1) is 49.2. The lowest BCUT2D eigenvalue weighted by atomic mass is 9.53. The normalized spacial score (nSPS) is 31.4. The van der Waals surface area contributed by atoms with E-state index >= 15 is 0 Å². The summed E-state index contributed by atoms with van der Waals surface area (Å²) >= 11 is 0. The Morgan fingerprint density at radius 3 is 1.38 bits per heavy atom. The van der Waals surface area contributed by atoms with E-state index in [9.17, 15) is 36.0 Å². The predicted molar refractivity (Wildman–Crippen MR) is 372 cm³/mol. The quantitative estimate of drug-likeness (QED) is 0.0428. The molecule has 0 unspecified atom stereocenters. The SMILES string of the molecule is CCNC(=O)[C@H]1O[C@@H](n2cnc3c(NC(=O)Nc4ccccc4S(=O)(=O)NC45CC6CC(CC(C6)C4)C5)ncnc32)[C@@H]2OC(C)(C)O[C@@H]21.CCNC(=O)[C@H]1O[C@@H](n2cnc3c(NC(=O)Oc4ccccc4)ncnc32)[C@@H]2OC(C)(C)O[C@@H]21.Nc1ccccc1S(=O)(=O)NC12CC3CC(CC(C3)C1)C2. The average Bonchev–Trinajstić information content (AvgIpc) is 1.73. The Balaban J connectivity index is 0.000000135. The first-order valence-corrected chi connectivity index (χ1v) is 38.3. The van der Waals surface area contributed by atoms with Crippen LogP contribution in [0.25, 0.3) is 22.3 Å². The lowest BCUT2D eigenvalue weighted by Crippen LogP contribution is -2.59. The van der Waals surface area contributed by atoms with Crippen LogP contribution in [0.5, 0.6) is 5.75 Å². The minimum atomic E-state index is -3.94. The highest BCUT2D eigenvalue weighted by Crippen LogP contribution is 2.58. The molecular weight excluding hydrogens is 1370 g/mol. The van der Waals surface area contributed by atoms with Crippen LogP contribution >= 0.6 is 0 Å². The Morgan fingerprint density at radius 1 is 0.515 bits per heavy atom. The third-order valence-electron chi connectivity index (χ3n) is 21.4. The molecule has 7 aromatic rings. The summed E-state index contributed by atoms with van der Waals surface area (Å²) in [6, 6.07) is 21.1. The maximum Gasteiger partial charge on any atom is 0.418 e. The average molecular weight is 1460 g/mol. The number of imidazole rings is 2. The van der Waals surface area contributed by atoms with Crippen molar-refractivity contribution < 1.29 is 69.2 Å². The second-order valence-electron chi connectivity index (χ2n) is 30.0. The number of nitrogen functional groups attached to an aromatic ring is 1. The highest BCUT2D eigenvalue weighted by Gasteiger charge is 2.61. The maximum atomic E-state index is 13.8. The summed E-state index contributed by atoms with van der Waals surface area (Å²) in [7, 11) is -7.47. The van der Waals surface area contributed by atoms with Crippen LogP contribution in [0, 0.1) is 35.5 Å². The molecule has 19 rings (SSSR count). The monoisotopic (exact) mass is 1450 g/mol. The Labute approximate surface area is 595 Å². The van der Waals surface area contributed by atoms with Gasteiger partial charge >= 0.3 is 12.1 Å². The number of hydrogen-bond donors (Lipinski definition) is 8. The van der Waals surface area contributed by atoms with Gasteiger partial charge in [-0.1, -0.05) is 42.5 Å². The Morgan fingerprint density at radius 2 is 0.922 bits per heavy atom.